The molecule has 1 aromatic heterocycles. The number of nitrogens with one attached hydrogen (secondary N) is 1. The normalized spacial score (nSPS) is 12.0. The van der Waals surface area contributed by atoms with Crippen LogP contribution in [-0.4, -0.2) is 10.9 Å². The third-order valence-electron chi connectivity index (χ3n) is 2.81. The fraction of sp³-hybridized carbons (Fsp3) is 0.143. The van der Waals surface area contributed by atoms with Gasteiger partial charge in [0.05, 0.1) is 6.04 Å². The smallest absolute Gasteiger partial charge is 0.251 e. The predicted octanol–water partition coefficient (Wildman–Crippen LogP) is 4.16. The van der Waals surface area contributed by atoms with Crippen LogP contribution in [0.3, 0.4) is 0 Å². The van der Waals surface area contributed by atoms with E-state index in [1.165, 1.54) is 25.1 Å². The molecule has 3 nitrogen and oxygen atoms in total. The molecule has 0 aliphatic heterocycles. The van der Waals surface area contributed by atoms with Crippen molar-refractivity contribution in [1.82, 2.24) is 10.3 Å². The summed E-state index contributed by atoms with van der Waals surface area (Å²) in [6, 6.07) is 5.28. The lowest BCUT2D eigenvalue weighted by atomic mass is 10.1. The predicted molar refractivity (Wildman–Crippen MR) is 76.5 cm³/mol. The fourth-order valence-corrected chi connectivity index (χ4v) is 2.33. The summed E-state index contributed by atoms with van der Waals surface area (Å²) < 4.78 is 27.3. The maximum atomic E-state index is 13.6. The highest BCUT2D eigenvalue weighted by Gasteiger charge is 2.19. The van der Waals surface area contributed by atoms with Crippen molar-refractivity contribution in [3.05, 3.63) is 63.4 Å². The molecule has 0 saturated heterocycles. The second-order valence-corrected chi connectivity index (χ2v) is 5.11. The summed E-state index contributed by atoms with van der Waals surface area (Å²) in [6.45, 7) is 1.48. The van der Waals surface area contributed by atoms with Crippen molar-refractivity contribution in [2.24, 2.45) is 0 Å². The van der Waals surface area contributed by atoms with Crippen molar-refractivity contribution in [1.29, 1.82) is 0 Å². The number of carbonyl (C=O) groups is 1. The molecule has 0 aliphatic rings. The number of nitrogens with zero attached hydrogens (tertiary/aromatic N) is 1. The average molecular weight is 331 g/mol. The minimum Gasteiger partial charge on any atom is -0.345 e. The number of aromatic nitrogens is 1. The first-order valence-corrected chi connectivity index (χ1v) is 6.72. The van der Waals surface area contributed by atoms with Gasteiger partial charge in [-0.1, -0.05) is 29.3 Å². The van der Waals surface area contributed by atoms with Crippen molar-refractivity contribution in [3.63, 3.8) is 0 Å². The Morgan fingerprint density at radius 3 is 2.24 bits per heavy atom. The van der Waals surface area contributed by atoms with Crippen LogP contribution in [0.2, 0.25) is 10.3 Å². The van der Waals surface area contributed by atoms with Crippen LogP contribution in [0, 0.1) is 11.6 Å². The van der Waals surface area contributed by atoms with Gasteiger partial charge in [-0.15, -0.1) is 0 Å². The molecule has 0 aliphatic carbocycles. The standard InChI is InChI=1S/C14H10Cl2F2N2O/c1-7(13-9(17)3-2-4-10(13)18)19-14(21)8-5-11(15)20-12(16)6-8/h2-7H,1H3,(H,19,21). The van der Waals surface area contributed by atoms with Crippen LogP contribution in [0.5, 0.6) is 0 Å². The van der Waals surface area contributed by atoms with E-state index < -0.39 is 23.6 Å². The van der Waals surface area contributed by atoms with Gasteiger partial charge in [-0.25, -0.2) is 13.8 Å². The number of benzene rings is 1. The maximum Gasteiger partial charge on any atom is 0.251 e. The van der Waals surface area contributed by atoms with Gasteiger partial charge in [-0.05, 0) is 31.2 Å². The van der Waals surface area contributed by atoms with Gasteiger partial charge in [0, 0.05) is 11.1 Å². The highest BCUT2D eigenvalue weighted by atomic mass is 35.5. The third-order valence-corrected chi connectivity index (χ3v) is 3.19. The van der Waals surface area contributed by atoms with Gasteiger partial charge in [-0.2, -0.15) is 0 Å². The molecule has 0 radical (unpaired) electrons. The molecule has 0 fully saturated rings. The molecule has 110 valence electrons. The van der Waals surface area contributed by atoms with Crippen LogP contribution in [0.1, 0.15) is 28.9 Å². The number of hydrogen-bond donors (Lipinski definition) is 1. The SMILES string of the molecule is CC(NC(=O)c1cc(Cl)nc(Cl)c1)c1c(F)cccc1F. The van der Waals surface area contributed by atoms with E-state index in [4.69, 9.17) is 23.2 Å². The second kappa shape index (κ2) is 6.37. The first-order chi connectivity index (χ1) is 9.88. The summed E-state index contributed by atoms with van der Waals surface area (Å²) in [6.07, 6.45) is 0. The molecule has 1 amide bonds. The van der Waals surface area contributed by atoms with Gasteiger partial charge < -0.3 is 5.32 Å². The number of pyridine rings is 1. The Hall–Kier alpha value is -1.72. The van der Waals surface area contributed by atoms with E-state index in [0.717, 1.165) is 12.1 Å². The number of halogens is 4. The van der Waals surface area contributed by atoms with Gasteiger partial charge in [0.25, 0.3) is 5.91 Å². The third kappa shape index (κ3) is 3.68. The average Bonchev–Trinajstić information content (AvgIpc) is 2.37. The Balaban J connectivity index is 2.23. The quantitative estimate of drug-likeness (QED) is 0.858. The van der Waals surface area contributed by atoms with Crippen molar-refractivity contribution in [2.45, 2.75) is 13.0 Å². The molecule has 1 unspecified atom stereocenters. The summed E-state index contributed by atoms with van der Waals surface area (Å²) in [4.78, 5) is 15.8. The molecule has 0 spiro atoms. The van der Waals surface area contributed by atoms with E-state index in [0.29, 0.717) is 0 Å². The summed E-state index contributed by atoms with van der Waals surface area (Å²) >= 11 is 11.4. The van der Waals surface area contributed by atoms with E-state index in [1.807, 2.05) is 0 Å². The van der Waals surface area contributed by atoms with E-state index in [1.54, 1.807) is 0 Å². The molecule has 21 heavy (non-hydrogen) atoms. The molecule has 1 atom stereocenters. The first kappa shape index (κ1) is 15.7. The van der Waals surface area contributed by atoms with Crippen LogP contribution >= 0.6 is 23.2 Å². The zero-order valence-electron chi connectivity index (χ0n) is 10.8. The van der Waals surface area contributed by atoms with Crippen molar-refractivity contribution < 1.29 is 13.6 Å². The summed E-state index contributed by atoms with van der Waals surface area (Å²) in [7, 11) is 0. The van der Waals surface area contributed by atoms with Gasteiger partial charge in [0.1, 0.15) is 21.9 Å². The summed E-state index contributed by atoms with van der Waals surface area (Å²) in [5.41, 5.74) is -0.0549. The molecular weight excluding hydrogens is 321 g/mol. The minimum atomic E-state index is -0.857. The lowest BCUT2D eigenvalue weighted by Crippen LogP contribution is -2.28. The zero-order valence-corrected chi connectivity index (χ0v) is 12.3. The van der Waals surface area contributed by atoms with Crippen LogP contribution in [0.4, 0.5) is 8.78 Å². The van der Waals surface area contributed by atoms with Crippen LogP contribution in [0.25, 0.3) is 0 Å². The van der Waals surface area contributed by atoms with Gasteiger partial charge in [-0.3, -0.25) is 4.79 Å². The Kier molecular flexibility index (Phi) is 4.75. The van der Waals surface area contributed by atoms with Gasteiger partial charge >= 0.3 is 0 Å². The highest BCUT2D eigenvalue weighted by Crippen LogP contribution is 2.21. The van der Waals surface area contributed by atoms with E-state index in [2.05, 4.69) is 10.3 Å². The highest BCUT2D eigenvalue weighted by molar-refractivity contribution is 6.33. The number of hydrogen-bond acceptors (Lipinski definition) is 2. The Morgan fingerprint density at radius 2 is 1.71 bits per heavy atom. The second-order valence-electron chi connectivity index (χ2n) is 4.33. The monoisotopic (exact) mass is 330 g/mol. The van der Waals surface area contributed by atoms with Crippen molar-refractivity contribution in [3.8, 4) is 0 Å². The number of rotatable bonds is 3. The molecule has 0 saturated carbocycles. The molecule has 7 heteroatoms. The zero-order chi connectivity index (χ0) is 15.6. The van der Waals surface area contributed by atoms with Crippen LogP contribution < -0.4 is 5.32 Å². The molecule has 1 heterocycles. The lowest BCUT2D eigenvalue weighted by Gasteiger charge is -2.16. The summed E-state index contributed by atoms with van der Waals surface area (Å²) in [5, 5.41) is 2.59. The van der Waals surface area contributed by atoms with Crippen molar-refractivity contribution >= 4 is 29.1 Å². The van der Waals surface area contributed by atoms with E-state index in [-0.39, 0.29) is 21.4 Å². The molecule has 2 aromatic rings. The summed E-state index contributed by atoms with van der Waals surface area (Å²) in [5.74, 6) is -2.02. The number of amides is 1. The topological polar surface area (TPSA) is 42.0 Å². The molecule has 1 N–H and O–H groups in total. The Morgan fingerprint density at radius 1 is 1.19 bits per heavy atom. The largest absolute Gasteiger partial charge is 0.345 e. The van der Waals surface area contributed by atoms with E-state index >= 15 is 0 Å². The molecule has 2 rings (SSSR count). The first-order valence-electron chi connectivity index (χ1n) is 5.96. The number of carbonyl (C=O) groups excluding carboxylic acids is 1. The fourth-order valence-electron chi connectivity index (χ4n) is 1.87. The van der Waals surface area contributed by atoms with Gasteiger partial charge in [0.15, 0.2) is 0 Å². The van der Waals surface area contributed by atoms with Gasteiger partial charge in [0.2, 0.25) is 0 Å². The van der Waals surface area contributed by atoms with Crippen LogP contribution in [-0.2, 0) is 0 Å². The van der Waals surface area contributed by atoms with Crippen molar-refractivity contribution in [2.75, 3.05) is 0 Å². The lowest BCUT2D eigenvalue weighted by molar-refractivity contribution is 0.0938. The molecule has 0 bridgehead atoms. The Bertz CT molecular complexity index is 654. The minimum absolute atomic E-state index is 0.0531. The van der Waals surface area contributed by atoms with Crippen LogP contribution in [0.15, 0.2) is 30.3 Å². The maximum absolute atomic E-state index is 13.6. The van der Waals surface area contributed by atoms with E-state index in [9.17, 15) is 13.6 Å². The Labute approximate surface area is 129 Å². The molecule has 1 aromatic carbocycles. The molecular formula is C14H10Cl2F2N2O.